The molecule has 0 bridgehead atoms. The maximum Gasteiger partial charge on any atom is 0.244 e. The van der Waals surface area contributed by atoms with Gasteiger partial charge in [0.05, 0.1) is 18.7 Å². The summed E-state index contributed by atoms with van der Waals surface area (Å²) in [6, 6.07) is 5.39. The zero-order valence-corrected chi connectivity index (χ0v) is 15.1. The molecule has 0 fully saturated rings. The highest BCUT2D eigenvalue weighted by atomic mass is 35.5. The average molecular weight is 364 g/mol. The van der Waals surface area contributed by atoms with Crippen molar-refractivity contribution in [1.82, 2.24) is 15.1 Å². The number of benzene rings is 1. The number of rotatable bonds is 9. The Hall–Kier alpha value is -2.47. The molecule has 1 N–H and O–H groups in total. The molecule has 0 atom stereocenters. The zero-order valence-electron chi connectivity index (χ0n) is 14.4. The van der Waals surface area contributed by atoms with E-state index in [4.69, 9.17) is 21.1 Å². The van der Waals surface area contributed by atoms with Gasteiger partial charge >= 0.3 is 0 Å². The van der Waals surface area contributed by atoms with Gasteiger partial charge < -0.3 is 14.8 Å². The molecule has 6 nitrogen and oxygen atoms in total. The summed E-state index contributed by atoms with van der Waals surface area (Å²) < 4.78 is 12.6. The van der Waals surface area contributed by atoms with Gasteiger partial charge in [-0.3, -0.25) is 9.48 Å². The van der Waals surface area contributed by atoms with E-state index in [1.165, 1.54) is 13.2 Å². The van der Waals surface area contributed by atoms with Crippen molar-refractivity contribution in [2.75, 3.05) is 20.3 Å². The predicted octanol–water partition coefficient (Wildman–Crippen LogP) is 3.16. The Morgan fingerprint density at radius 2 is 2.28 bits per heavy atom. The Kier molecular flexibility index (Phi) is 7.35. The van der Waals surface area contributed by atoms with Crippen LogP contribution in [0.1, 0.15) is 18.9 Å². The number of aromatic nitrogens is 2. The van der Waals surface area contributed by atoms with Crippen LogP contribution in [-0.4, -0.2) is 35.9 Å². The van der Waals surface area contributed by atoms with E-state index in [-0.39, 0.29) is 5.91 Å². The molecule has 1 amide bonds. The fourth-order valence-electron chi connectivity index (χ4n) is 2.26. The number of halogens is 1. The Morgan fingerprint density at radius 1 is 1.44 bits per heavy atom. The van der Waals surface area contributed by atoms with Crippen LogP contribution in [0.2, 0.25) is 5.02 Å². The highest BCUT2D eigenvalue weighted by Gasteiger charge is 2.10. The summed E-state index contributed by atoms with van der Waals surface area (Å²) in [6.07, 6.45) is 7.60. The van der Waals surface area contributed by atoms with Crippen LogP contribution >= 0.6 is 11.6 Å². The van der Waals surface area contributed by atoms with Crippen LogP contribution in [0.3, 0.4) is 0 Å². The third kappa shape index (κ3) is 5.83. The lowest BCUT2D eigenvalue weighted by atomic mass is 10.2. The lowest BCUT2D eigenvalue weighted by Crippen LogP contribution is -2.23. The minimum Gasteiger partial charge on any atom is -0.491 e. The summed E-state index contributed by atoms with van der Waals surface area (Å²) in [5.41, 5.74) is 0.765. The van der Waals surface area contributed by atoms with Crippen molar-refractivity contribution in [3.63, 3.8) is 0 Å². The number of methoxy groups -OCH3 is 1. The molecule has 1 heterocycles. The van der Waals surface area contributed by atoms with Crippen LogP contribution in [0.15, 0.2) is 36.7 Å². The third-order valence-corrected chi connectivity index (χ3v) is 3.67. The number of carbonyl (C=O) groups is 1. The molecule has 2 rings (SSSR count). The van der Waals surface area contributed by atoms with Gasteiger partial charge in [-0.2, -0.15) is 5.10 Å². The molecule has 0 unspecified atom stereocenters. The van der Waals surface area contributed by atoms with Crippen molar-refractivity contribution in [2.45, 2.75) is 19.9 Å². The first-order chi connectivity index (χ1) is 12.1. The molecule has 0 saturated heterocycles. The summed E-state index contributed by atoms with van der Waals surface area (Å²) in [5, 5.41) is 7.38. The molecular formula is C18H22ClN3O3. The van der Waals surface area contributed by atoms with E-state index in [2.05, 4.69) is 10.4 Å². The van der Waals surface area contributed by atoms with Gasteiger partial charge in [0.2, 0.25) is 5.91 Å². The standard InChI is InChI=1S/C18H22ClN3O3/c1-3-25-16-13-14(12-15(19)18(16)24-2)6-7-17(23)20-8-4-10-22-11-5-9-21-22/h5-7,9,11-13H,3-4,8,10H2,1-2H3,(H,20,23)/b7-6+. The van der Waals surface area contributed by atoms with E-state index >= 15 is 0 Å². The van der Waals surface area contributed by atoms with Gasteiger partial charge in [0.25, 0.3) is 0 Å². The monoisotopic (exact) mass is 363 g/mol. The molecule has 2 aromatic rings. The fourth-order valence-corrected chi connectivity index (χ4v) is 2.56. The molecule has 0 aliphatic rings. The largest absolute Gasteiger partial charge is 0.491 e. The summed E-state index contributed by atoms with van der Waals surface area (Å²) in [7, 11) is 1.54. The molecule has 1 aromatic carbocycles. The highest BCUT2D eigenvalue weighted by molar-refractivity contribution is 6.32. The Balaban J connectivity index is 1.88. The molecule has 7 heteroatoms. The number of aryl methyl sites for hydroxylation is 1. The molecular weight excluding hydrogens is 342 g/mol. The SMILES string of the molecule is CCOc1cc(/C=C/C(=O)NCCCn2cccn2)cc(Cl)c1OC. The number of nitrogens with zero attached hydrogens (tertiary/aromatic N) is 2. The topological polar surface area (TPSA) is 65.4 Å². The summed E-state index contributed by atoms with van der Waals surface area (Å²) >= 11 is 6.19. The first-order valence-electron chi connectivity index (χ1n) is 8.07. The van der Waals surface area contributed by atoms with Crippen LogP contribution in [0.25, 0.3) is 6.08 Å². The fraction of sp³-hybridized carbons (Fsp3) is 0.333. The normalized spacial score (nSPS) is 10.8. The Morgan fingerprint density at radius 3 is 2.96 bits per heavy atom. The first-order valence-corrected chi connectivity index (χ1v) is 8.45. The summed E-state index contributed by atoms with van der Waals surface area (Å²) in [5.74, 6) is 0.880. The van der Waals surface area contributed by atoms with Crippen LogP contribution in [0.4, 0.5) is 0 Å². The minimum atomic E-state index is -0.162. The third-order valence-electron chi connectivity index (χ3n) is 3.39. The van der Waals surface area contributed by atoms with Crippen LogP contribution in [-0.2, 0) is 11.3 Å². The summed E-state index contributed by atoms with van der Waals surface area (Å²) in [6.45, 7) is 3.72. The van der Waals surface area contributed by atoms with Crippen molar-refractivity contribution < 1.29 is 14.3 Å². The second kappa shape index (κ2) is 9.74. The van der Waals surface area contributed by atoms with Gasteiger partial charge in [-0.15, -0.1) is 0 Å². The average Bonchev–Trinajstić information content (AvgIpc) is 3.10. The van der Waals surface area contributed by atoms with Crippen molar-refractivity contribution in [3.05, 3.63) is 47.3 Å². The Bertz CT molecular complexity index is 715. The number of hydrogen-bond donors (Lipinski definition) is 1. The maximum absolute atomic E-state index is 11.9. The lowest BCUT2D eigenvalue weighted by Gasteiger charge is -2.11. The van der Waals surface area contributed by atoms with E-state index in [0.29, 0.717) is 29.7 Å². The second-order valence-electron chi connectivity index (χ2n) is 5.21. The molecule has 0 aliphatic carbocycles. The molecule has 134 valence electrons. The lowest BCUT2D eigenvalue weighted by molar-refractivity contribution is -0.116. The van der Waals surface area contributed by atoms with E-state index in [1.54, 1.807) is 24.4 Å². The minimum absolute atomic E-state index is 0.162. The quantitative estimate of drug-likeness (QED) is 0.549. The van der Waals surface area contributed by atoms with Crippen molar-refractivity contribution in [3.8, 4) is 11.5 Å². The number of hydrogen-bond acceptors (Lipinski definition) is 4. The van der Waals surface area contributed by atoms with Gasteiger partial charge in [0, 0.05) is 31.6 Å². The molecule has 0 aliphatic heterocycles. The molecule has 0 radical (unpaired) electrons. The van der Waals surface area contributed by atoms with E-state index < -0.39 is 0 Å². The van der Waals surface area contributed by atoms with Gasteiger partial charge in [-0.25, -0.2) is 0 Å². The zero-order chi connectivity index (χ0) is 18.1. The highest BCUT2D eigenvalue weighted by Crippen LogP contribution is 2.36. The van der Waals surface area contributed by atoms with Gasteiger partial charge in [-0.05, 0) is 43.2 Å². The van der Waals surface area contributed by atoms with E-state index in [9.17, 15) is 4.79 Å². The number of amides is 1. The smallest absolute Gasteiger partial charge is 0.244 e. The van der Waals surface area contributed by atoms with Gasteiger partial charge in [0.1, 0.15) is 0 Å². The number of ether oxygens (including phenoxy) is 2. The molecule has 25 heavy (non-hydrogen) atoms. The van der Waals surface area contributed by atoms with E-state index in [0.717, 1.165) is 18.5 Å². The number of carbonyl (C=O) groups excluding carboxylic acids is 1. The summed E-state index contributed by atoms with van der Waals surface area (Å²) in [4.78, 5) is 11.9. The Labute approximate surface area is 152 Å². The van der Waals surface area contributed by atoms with Crippen LogP contribution < -0.4 is 14.8 Å². The molecule has 0 spiro atoms. The maximum atomic E-state index is 11.9. The van der Waals surface area contributed by atoms with Crippen LogP contribution in [0, 0.1) is 0 Å². The second-order valence-corrected chi connectivity index (χ2v) is 5.62. The first kappa shape index (κ1) is 18.9. The van der Waals surface area contributed by atoms with Crippen molar-refractivity contribution in [1.29, 1.82) is 0 Å². The molecule has 1 aromatic heterocycles. The van der Waals surface area contributed by atoms with E-state index in [1.807, 2.05) is 23.9 Å². The van der Waals surface area contributed by atoms with Crippen molar-refractivity contribution in [2.24, 2.45) is 0 Å². The van der Waals surface area contributed by atoms with Gasteiger partial charge in [-0.1, -0.05) is 11.6 Å². The predicted molar refractivity (Wildman–Crippen MR) is 98.1 cm³/mol. The number of nitrogens with one attached hydrogen (secondary N) is 1. The molecule has 0 saturated carbocycles. The van der Waals surface area contributed by atoms with Gasteiger partial charge in [0.15, 0.2) is 11.5 Å². The van der Waals surface area contributed by atoms with Crippen molar-refractivity contribution >= 4 is 23.6 Å². The van der Waals surface area contributed by atoms with Crippen LogP contribution in [0.5, 0.6) is 11.5 Å².